The molecule has 3 rings (SSSR count). The van der Waals surface area contributed by atoms with Crippen LogP contribution in [0.4, 0.5) is 11.4 Å². The van der Waals surface area contributed by atoms with Crippen molar-refractivity contribution < 1.29 is 4.79 Å². The number of rotatable bonds is 1. The van der Waals surface area contributed by atoms with Crippen LogP contribution in [0.15, 0.2) is 36.7 Å². The van der Waals surface area contributed by atoms with Crippen LogP contribution in [0.1, 0.15) is 21.5 Å². The van der Waals surface area contributed by atoms with E-state index in [-0.39, 0.29) is 5.91 Å². The minimum absolute atomic E-state index is 0.00431. The molecule has 0 aliphatic carbocycles. The third-order valence-electron chi connectivity index (χ3n) is 3.52. The first-order valence-electron chi connectivity index (χ1n) is 6.27. The fraction of sp³-hybridized carbons (Fsp3) is 0.200. The Morgan fingerprint density at radius 1 is 1.32 bits per heavy atom. The number of aromatic nitrogens is 1. The van der Waals surface area contributed by atoms with E-state index in [4.69, 9.17) is 5.73 Å². The first kappa shape index (κ1) is 11.7. The molecule has 0 radical (unpaired) electrons. The third kappa shape index (κ3) is 1.95. The Morgan fingerprint density at radius 2 is 2.16 bits per heavy atom. The Hall–Kier alpha value is -2.36. The van der Waals surface area contributed by atoms with Crippen molar-refractivity contribution in [1.82, 2.24) is 4.98 Å². The van der Waals surface area contributed by atoms with Crippen molar-refractivity contribution in [2.24, 2.45) is 0 Å². The van der Waals surface area contributed by atoms with Crippen molar-refractivity contribution in [3.8, 4) is 0 Å². The van der Waals surface area contributed by atoms with Gasteiger partial charge < -0.3 is 10.6 Å². The number of hydrogen-bond acceptors (Lipinski definition) is 3. The molecule has 0 fully saturated rings. The second-order valence-electron chi connectivity index (χ2n) is 4.79. The molecule has 4 heteroatoms. The van der Waals surface area contributed by atoms with E-state index in [1.54, 1.807) is 23.4 Å². The number of amides is 1. The summed E-state index contributed by atoms with van der Waals surface area (Å²) in [5.41, 5.74) is 10.1. The molecule has 0 spiro atoms. The molecule has 0 bridgehead atoms. The van der Waals surface area contributed by atoms with E-state index in [0.29, 0.717) is 17.8 Å². The van der Waals surface area contributed by atoms with E-state index in [1.165, 1.54) is 0 Å². The highest BCUT2D eigenvalue weighted by atomic mass is 16.2. The number of pyridine rings is 1. The Kier molecular flexibility index (Phi) is 2.71. The standard InChI is InChI=1S/C15H15N3O/c1-10-4-6-17-9-14(10)18-7-5-11-2-3-12(16)8-13(11)15(18)19/h2-4,6,8-9H,5,7,16H2,1H3. The molecule has 1 aliphatic rings. The van der Waals surface area contributed by atoms with Crippen molar-refractivity contribution in [2.45, 2.75) is 13.3 Å². The third-order valence-corrected chi connectivity index (χ3v) is 3.52. The largest absolute Gasteiger partial charge is 0.399 e. The van der Waals surface area contributed by atoms with Gasteiger partial charge >= 0.3 is 0 Å². The summed E-state index contributed by atoms with van der Waals surface area (Å²) in [4.78, 5) is 18.5. The summed E-state index contributed by atoms with van der Waals surface area (Å²) < 4.78 is 0. The van der Waals surface area contributed by atoms with Gasteiger partial charge in [0.1, 0.15) is 0 Å². The van der Waals surface area contributed by atoms with Gasteiger partial charge in [0.25, 0.3) is 5.91 Å². The summed E-state index contributed by atoms with van der Waals surface area (Å²) in [6.45, 7) is 2.67. The molecule has 1 aromatic heterocycles. The number of nitrogens with zero attached hydrogens (tertiary/aromatic N) is 2. The molecule has 1 aliphatic heterocycles. The smallest absolute Gasteiger partial charge is 0.258 e. The zero-order chi connectivity index (χ0) is 13.4. The molecule has 4 nitrogen and oxygen atoms in total. The molecule has 0 saturated carbocycles. The predicted octanol–water partition coefficient (Wildman–Crippen LogP) is 2.18. The van der Waals surface area contributed by atoms with Gasteiger partial charge in [-0.2, -0.15) is 0 Å². The lowest BCUT2D eigenvalue weighted by molar-refractivity contribution is 0.0980. The highest BCUT2D eigenvalue weighted by Gasteiger charge is 2.26. The van der Waals surface area contributed by atoms with E-state index in [2.05, 4.69) is 4.98 Å². The lowest BCUT2D eigenvalue weighted by Crippen LogP contribution is -2.38. The van der Waals surface area contributed by atoms with Crippen LogP contribution in [-0.4, -0.2) is 17.4 Å². The zero-order valence-electron chi connectivity index (χ0n) is 10.8. The SMILES string of the molecule is Cc1ccncc1N1CCc2ccc(N)cc2C1=O. The van der Waals surface area contributed by atoms with Crippen molar-refractivity contribution >= 4 is 17.3 Å². The van der Waals surface area contributed by atoms with Crippen LogP contribution < -0.4 is 10.6 Å². The van der Waals surface area contributed by atoms with Crippen LogP contribution in [0.2, 0.25) is 0 Å². The highest BCUT2D eigenvalue weighted by Crippen LogP contribution is 2.27. The van der Waals surface area contributed by atoms with Crippen LogP contribution >= 0.6 is 0 Å². The van der Waals surface area contributed by atoms with E-state index >= 15 is 0 Å². The van der Waals surface area contributed by atoms with E-state index in [0.717, 1.165) is 23.2 Å². The van der Waals surface area contributed by atoms with Crippen LogP contribution in [0.5, 0.6) is 0 Å². The van der Waals surface area contributed by atoms with Crippen molar-refractivity contribution in [3.05, 3.63) is 53.3 Å². The Morgan fingerprint density at radius 3 is 2.95 bits per heavy atom. The molecular weight excluding hydrogens is 238 g/mol. The summed E-state index contributed by atoms with van der Waals surface area (Å²) >= 11 is 0. The van der Waals surface area contributed by atoms with Crippen molar-refractivity contribution in [3.63, 3.8) is 0 Å². The number of fused-ring (bicyclic) bond motifs is 1. The maximum Gasteiger partial charge on any atom is 0.258 e. The predicted molar refractivity (Wildman–Crippen MR) is 75.2 cm³/mol. The fourth-order valence-electron chi connectivity index (χ4n) is 2.46. The molecule has 2 N–H and O–H groups in total. The van der Waals surface area contributed by atoms with Gasteiger partial charge in [-0.25, -0.2) is 0 Å². The Balaban J connectivity index is 2.04. The average Bonchev–Trinajstić information content (AvgIpc) is 2.41. The highest BCUT2D eigenvalue weighted by molar-refractivity contribution is 6.08. The maximum absolute atomic E-state index is 12.6. The number of nitrogens with two attached hydrogens (primary N) is 1. The summed E-state index contributed by atoms with van der Waals surface area (Å²) in [5.74, 6) is 0.00431. The number of carbonyl (C=O) groups excluding carboxylic acids is 1. The maximum atomic E-state index is 12.6. The second-order valence-corrected chi connectivity index (χ2v) is 4.79. The normalized spacial score (nSPS) is 14.4. The molecule has 2 aromatic rings. The molecule has 0 unspecified atom stereocenters. The number of carbonyl (C=O) groups is 1. The molecule has 19 heavy (non-hydrogen) atoms. The average molecular weight is 253 g/mol. The van der Waals surface area contributed by atoms with Gasteiger partial charge in [0.15, 0.2) is 0 Å². The molecule has 96 valence electrons. The van der Waals surface area contributed by atoms with Gasteiger partial charge in [0.2, 0.25) is 0 Å². The quantitative estimate of drug-likeness (QED) is 0.792. The summed E-state index contributed by atoms with van der Waals surface area (Å²) in [6, 6.07) is 7.46. The van der Waals surface area contributed by atoms with Gasteiger partial charge in [-0.3, -0.25) is 9.78 Å². The zero-order valence-corrected chi connectivity index (χ0v) is 10.8. The van der Waals surface area contributed by atoms with Crippen LogP contribution in [0, 0.1) is 6.92 Å². The first-order valence-corrected chi connectivity index (χ1v) is 6.27. The minimum atomic E-state index is 0.00431. The minimum Gasteiger partial charge on any atom is -0.399 e. The van der Waals surface area contributed by atoms with E-state index in [9.17, 15) is 4.79 Å². The number of hydrogen-bond donors (Lipinski definition) is 1. The first-order chi connectivity index (χ1) is 9.16. The molecule has 1 amide bonds. The Labute approximate surface area is 111 Å². The number of aryl methyl sites for hydroxylation is 1. The number of anilines is 2. The monoisotopic (exact) mass is 253 g/mol. The van der Waals surface area contributed by atoms with Gasteiger partial charge in [-0.05, 0) is 42.7 Å². The molecule has 0 atom stereocenters. The number of benzene rings is 1. The van der Waals surface area contributed by atoms with E-state index < -0.39 is 0 Å². The van der Waals surface area contributed by atoms with Gasteiger partial charge in [0.05, 0.1) is 11.9 Å². The van der Waals surface area contributed by atoms with E-state index in [1.807, 2.05) is 25.1 Å². The lowest BCUT2D eigenvalue weighted by atomic mass is 9.97. The molecule has 0 saturated heterocycles. The summed E-state index contributed by atoms with van der Waals surface area (Å²) in [5, 5.41) is 0. The van der Waals surface area contributed by atoms with Crippen LogP contribution in [-0.2, 0) is 6.42 Å². The van der Waals surface area contributed by atoms with Crippen molar-refractivity contribution in [1.29, 1.82) is 0 Å². The summed E-state index contributed by atoms with van der Waals surface area (Å²) in [6.07, 6.45) is 4.32. The topological polar surface area (TPSA) is 59.2 Å². The second kappa shape index (κ2) is 4.39. The van der Waals surface area contributed by atoms with Gasteiger partial charge in [-0.15, -0.1) is 0 Å². The Bertz CT molecular complexity index is 652. The molecule has 2 heterocycles. The van der Waals surface area contributed by atoms with Crippen molar-refractivity contribution in [2.75, 3.05) is 17.2 Å². The fourth-order valence-corrected chi connectivity index (χ4v) is 2.46. The lowest BCUT2D eigenvalue weighted by Gasteiger charge is -2.29. The number of nitrogen functional groups attached to an aromatic ring is 1. The molecule has 1 aromatic carbocycles. The molecular formula is C15H15N3O. The van der Waals surface area contributed by atoms with Gasteiger partial charge in [-0.1, -0.05) is 6.07 Å². The summed E-state index contributed by atoms with van der Waals surface area (Å²) in [7, 11) is 0. The van der Waals surface area contributed by atoms with Crippen LogP contribution in [0.25, 0.3) is 0 Å². The van der Waals surface area contributed by atoms with Crippen LogP contribution in [0.3, 0.4) is 0 Å². The van der Waals surface area contributed by atoms with Gasteiger partial charge in [0, 0.05) is 24.0 Å².